The molecule has 0 saturated heterocycles. The van der Waals surface area contributed by atoms with Crippen LogP contribution in [0.3, 0.4) is 0 Å². The van der Waals surface area contributed by atoms with Gasteiger partial charge in [0.15, 0.2) is 0 Å². The lowest BCUT2D eigenvalue weighted by Crippen LogP contribution is -2.23. The van der Waals surface area contributed by atoms with E-state index in [-0.39, 0.29) is 23.0 Å². The second kappa shape index (κ2) is 10.7. The number of amides is 2. The molecule has 11 nitrogen and oxygen atoms in total. The third-order valence-corrected chi connectivity index (χ3v) is 5.67. The first kappa shape index (κ1) is 25.8. The largest absolute Gasteiger partial charge is 0.353 e. The summed E-state index contributed by atoms with van der Waals surface area (Å²) >= 11 is 0. The Morgan fingerprint density at radius 2 is 1.97 bits per heavy atom. The highest BCUT2D eigenvalue weighted by Gasteiger charge is 2.16. The number of hydrogen-bond donors (Lipinski definition) is 3. The average Bonchev–Trinajstić information content (AvgIpc) is 3.31. The van der Waals surface area contributed by atoms with Crippen molar-refractivity contribution < 1.29 is 13.7 Å². The zero-order chi connectivity index (χ0) is 26.7. The van der Waals surface area contributed by atoms with Crippen LogP contribution in [0.5, 0.6) is 0 Å². The van der Waals surface area contributed by atoms with Crippen molar-refractivity contribution in [3.05, 3.63) is 58.4 Å². The van der Waals surface area contributed by atoms with Crippen molar-refractivity contribution in [3.8, 4) is 11.1 Å². The van der Waals surface area contributed by atoms with E-state index in [1.54, 1.807) is 25.4 Å². The maximum Gasteiger partial charge on any atom is 0.326 e. The molecule has 2 amide bonds. The van der Waals surface area contributed by atoms with Crippen molar-refractivity contribution in [2.45, 2.75) is 19.8 Å². The topological polar surface area (TPSA) is 130 Å². The minimum atomic E-state index is -0.711. The zero-order valence-corrected chi connectivity index (χ0v) is 21.3. The number of rotatable bonds is 8. The molecule has 4 aromatic rings. The molecule has 3 N–H and O–H groups in total. The molecule has 194 valence electrons. The Morgan fingerprint density at radius 3 is 2.68 bits per heavy atom. The SMILES string of the molecule is CC(C)c1cc(NC(=O)Nc2cc(-c3cc4cnc(NCCN(C)C)nc4n(C)c3=O)ccc2F)on1. The molecule has 37 heavy (non-hydrogen) atoms. The van der Waals surface area contributed by atoms with Gasteiger partial charge in [-0.2, -0.15) is 4.98 Å². The van der Waals surface area contributed by atoms with Gasteiger partial charge in [-0.25, -0.2) is 14.2 Å². The van der Waals surface area contributed by atoms with Crippen LogP contribution < -0.4 is 21.5 Å². The summed E-state index contributed by atoms with van der Waals surface area (Å²) in [6, 6.07) is 6.60. The second-order valence-corrected chi connectivity index (χ2v) is 9.17. The normalized spacial score (nSPS) is 11.4. The fourth-order valence-corrected chi connectivity index (χ4v) is 3.60. The van der Waals surface area contributed by atoms with Gasteiger partial charge >= 0.3 is 6.03 Å². The van der Waals surface area contributed by atoms with Crippen LogP contribution in [-0.4, -0.2) is 57.8 Å². The summed E-state index contributed by atoms with van der Waals surface area (Å²) in [5.41, 5.74) is 1.45. The number of hydrogen-bond acceptors (Lipinski definition) is 8. The van der Waals surface area contributed by atoms with Gasteiger partial charge in [0, 0.05) is 43.4 Å². The molecule has 0 spiro atoms. The number of urea groups is 1. The van der Waals surface area contributed by atoms with Gasteiger partial charge in [0.05, 0.1) is 11.4 Å². The quantitative estimate of drug-likeness (QED) is 0.327. The van der Waals surface area contributed by atoms with Crippen LogP contribution in [-0.2, 0) is 7.05 Å². The number of carbonyl (C=O) groups excluding carboxylic acids is 1. The monoisotopic (exact) mass is 508 g/mol. The molecule has 0 aliphatic carbocycles. The summed E-state index contributed by atoms with van der Waals surface area (Å²) < 4.78 is 21.0. The number of aromatic nitrogens is 4. The molecule has 0 unspecified atom stereocenters. The summed E-state index contributed by atoms with van der Waals surface area (Å²) in [4.78, 5) is 36.5. The van der Waals surface area contributed by atoms with Crippen molar-refractivity contribution in [2.75, 3.05) is 43.1 Å². The van der Waals surface area contributed by atoms with Crippen LogP contribution in [0.25, 0.3) is 22.2 Å². The van der Waals surface area contributed by atoms with E-state index < -0.39 is 11.8 Å². The van der Waals surface area contributed by atoms with Crippen molar-refractivity contribution in [2.24, 2.45) is 7.05 Å². The minimum absolute atomic E-state index is 0.0996. The first-order chi connectivity index (χ1) is 17.6. The maximum absolute atomic E-state index is 14.5. The van der Waals surface area contributed by atoms with Crippen molar-refractivity contribution >= 4 is 34.6 Å². The fourth-order valence-electron chi connectivity index (χ4n) is 3.60. The third-order valence-electron chi connectivity index (χ3n) is 5.67. The Kier molecular flexibility index (Phi) is 7.48. The molecule has 4 rings (SSSR count). The van der Waals surface area contributed by atoms with Gasteiger partial charge in [-0.1, -0.05) is 25.1 Å². The molecule has 12 heteroatoms. The Labute approximate surface area is 212 Å². The van der Waals surface area contributed by atoms with E-state index in [2.05, 4.69) is 31.1 Å². The lowest BCUT2D eigenvalue weighted by atomic mass is 10.1. The van der Waals surface area contributed by atoms with Gasteiger partial charge < -0.3 is 20.1 Å². The van der Waals surface area contributed by atoms with Gasteiger partial charge in [-0.05, 0) is 43.8 Å². The average molecular weight is 509 g/mol. The van der Waals surface area contributed by atoms with E-state index in [1.807, 2.05) is 32.8 Å². The lowest BCUT2D eigenvalue weighted by molar-refractivity contribution is 0.261. The first-order valence-corrected chi connectivity index (χ1v) is 11.7. The van der Waals surface area contributed by atoms with Gasteiger partial charge in [-0.15, -0.1) is 0 Å². The number of anilines is 3. The van der Waals surface area contributed by atoms with E-state index in [9.17, 15) is 14.0 Å². The number of likely N-dealkylation sites (N-methyl/N-ethyl adjacent to an activating group) is 1. The molecular formula is C25H29FN8O3. The molecule has 0 fully saturated rings. The van der Waals surface area contributed by atoms with E-state index >= 15 is 0 Å². The number of benzene rings is 1. The van der Waals surface area contributed by atoms with Crippen LogP contribution >= 0.6 is 0 Å². The summed E-state index contributed by atoms with van der Waals surface area (Å²) in [5.74, 6) is 0.0199. The molecule has 0 saturated carbocycles. The number of carbonyl (C=O) groups is 1. The number of halogens is 1. The van der Waals surface area contributed by atoms with Crippen LogP contribution in [0.4, 0.5) is 26.7 Å². The van der Waals surface area contributed by atoms with E-state index in [4.69, 9.17) is 4.52 Å². The molecule has 0 bridgehead atoms. The number of pyridine rings is 1. The van der Waals surface area contributed by atoms with Gasteiger partial charge in [0.2, 0.25) is 11.8 Å². The van der Waals surface area contributed by atoms with E-state index in [0.29, 0.717) is 40.3 Å². The van der Waals surface area contributed by atoms with Crippen LogP contribution in [0.2, 0.25) is 0 Å². The third kappa shape index (κ3) is 5.92. The summed E-state index contributed by atoms with van der Waals surface area (Å²) in [6.45, 7) is 5.33. The van der Waals surface area contributed by atoms with E-state index in [0.717, 1.165) is 6.54 Å². The Bertz CT molecular complexity index is 1500. The molecule has 3 heterocycles. The Balaban J connectivity index is 1.58. The molecule has 1 aromatic carbocycles. The van der Waals surface area contributed by atoms with E-state index in [1.165, 1.54) is 22.8 Å². The molecule has 0 radical (unpaired) electrons. The van der Waals surface area contributed by atoms with Crippen molar-refractivity contribution in [1.29, 1.82) is 0 Å². The molecular weight excluding hydrogens is 479 g/mol. The van der Waals surface area contributed by atoms with Crippen LogP contribution in [0.15, 0.2) is 45.8 Å². The maximum atomic E-state index is 14.5. The highest BCUT2D eigenvalue weighted by atomic mass is 19.1. The lowest BCUT2D eigenvalue weighted by Gasteiger charge is -2.13. The number of nitrogens with one attached hydrogen (secondary N) is 3. The van der Waals surface area contributed by atoms with Gasteiger partial charge in [-0.3, -0.25) is 14.7 Å². The number of nitrogens with zero attached hydrogens (tertiary/aromatic N) is 5. The Morgan fingerprint density at radius 1 is 1.19 bits per heavy atom. The molecule has 0 aliphatic rings. The highest BCUT2D eigenvalue weighted by molar-refractivity contribution is 5.99. The van der Waals surface area contributed by atoms with Gasteiger partial charge in [0.25, 0.3) is 5.56 Å². The van der Waals surface area contributed by atoms with Crippen molar-refractivity contribution in [3.63, 3.8) is 0 Å². The fraction of sp³-hybridized carbons (Fsp3) is 0.320. The minimum Gasteiger partial charge on any atom is -0.353 e. The number of fused-ring (bicyclic) bond motifs is 1. The second-order valence-electron chi connectivity index (χ2n) is 9.17. The number of aryl methyl sites for hydroxylation is 1. The van der Waals surface area contributed by atoms with Crippen molar-refractivity contribution in [1.82, 2.24) is 24.6 Å². The standard InChI is InChI=1S/C25H29FN8O3/c1-14(2)19-12-21(37-32-19)30-25(36)29-20-11-15(6-7-18(20)26)17-10-16-13-28-24(27-8-9-33(3)4)31-22(16)34(5)23(17)35/h6-7,10-14H,8-9H2,1-5H3,(H,27,28,31)(H2,29,30,36). The summed E-state index contributed by atoms with van der Waals surface area (Å²) in [6.07, 6.45) is 1.63. The first-order valence-electron chi connectivity index (χ1n) is 11.7. The molecule has 0 aliphatic heterocycles. The smallest absolute Gasteiger partial charge is 0.326 e. The zero-order valence-electron chi connectivity index (χ0n) is 21.3. The van der Waals surface area contributed by atoms with Crippen LogP contribution in [0, 0.1) is 5.82 Å². The predicted octanol–water partition coefficient (Wildman–Crippen LogP) is 3.86. The van der Waals surface area contributed by atoms with Crippen LogP contribution in [0.1, 0.15) is 25.5 Å². The predicted molar refractivity (Wildman–Crippen MR) is 140 cm³/mol. The van der Waals surface area contributed by atoms with Gasteiger partial charge in [0.1, 0.15) is 11.5 Å². The molecule has 0 atom stereocenters. The summed E-state index contributed by atoms with van der Waals surface area (Å²) in [5, 5.41) is 12.6. The molecule has 3 aromatic heterocycles. The summed E-state index contributed by atoms with van der Waals surface area (Å²) in [7, 11) is 5.55. The highest BCUT2D eigenvalue weighted by Crippen LogP contribution is 2.26. The Hall–Kier alpha value is -4.32.